The van der Waals surface area contributed by atoms with E-state index in [9.17, 15) is 13.7 Å². The molecule has 1 fully saturated rings. The summed E-state index contributed by atoms with van der Waals surface area (Å²) in [7, 11) is -3.57. The van der Waals surface area contributed by atoms with Gasteiger partial charge in [-0.05, 0) is 5.92 Å². The molecule has 6 nitrogen and oxygen atoms in total. The number of nitriles is 1. The largest absolute Gasteiger partial charge is 0.304 e. The predicted molar refractivity (Wildman–Crippen MR) is 89.1 cm³/mol. The summed E-state index contributed by atoms with van der Waals surface area (Å²) >= 11 is 0. The van der Waals surface area contributed by atoms with Crippen molar-refractivity contribution in [3.63, 3.8) is 0 Å². The summed E-state index contributed by atoms with van der Waals surface area (Å²) in [6, 6.07) is 9.34. The maximum atomic E-state index is 12.8. The van der Waals surface area contributed by atoms with Crippen molar-refractivity contribution >= 4 is 26.7 Å². The highest BCUT2D eigenvalue weighted by atomic mass is 32.2. The lowest BCUT2D eigenvalue weighted by molar-refractivity contribution is 0.345. The Morgan fingerprint density at radius 3 is 2.65 bits per heavy atom. The maximum Gasteiger partial charge on any atom is 0.304 e. The molecule has 1 aromatic heterocycles. The van der Waals surface area contributed by atoms with Crippen molar-refractivity contribution in [1.29, 1.82) is 5.26 Å². The second-order valence-electron chi connectivity index (χ2n) is 5.74. The second kappa shape index (κ2) is 5.80. The highest BCUT2D eigenvalue weighted by molar-refractivity contribution is 7.90. The van der Waals surface area contributed by atoms with Crippen LogP contribution in [0.1, 0.15) is 19.5 Å². The minimum Gasteiger partial charge on any atom is -0.255 e. The van der Waals surface area contributed by atoms with Crippen molar-refractivity contribution in [2.75, 3.05) is 23.9 Å². The molecule has 1 aliphatic rings. The van der Waals surface area contributed by atoms with Crippen LogP contribution in [0.2, 0.25) is 0 Å². The van der Waals surface area contributed by atoms with E-state index in [1.54, 1.807) is 6.07 Å². The van der Waals surface area contributed by atoms with Crippen molar-refractivity contribution in [3.05, 3.63) is 36.2 Å². The lowest BCUT2D eigenvalue weighted by Crippen LogP contribution is -2.53. The molecule has 3 rings (SSSR count). The molecule has 7 heteroatoms. The van der Waals surface area contributed by atoms with Crippen LogP contribution in [-0.4, -0.2) is 37.3 Å². The van der Waals surface area contributed by atoms with E-state index in [1.165, 1.54) is 14.8 Å². The van der Waals surface area contributed by atoms with Crippen molar-refractivity contribution in [2.24, 2.45) is 5.92 Å². The van der Waals surface area contributed by atoms with E-state index < -0.39 is 10.2 Å². The van der Waals surface area contributed by atoms with Crippen LogP contribution in [0.15, 0.2) is 30.5 Å². The molecule has 0 radical (unpaired) electrons. The van der Waals surface area contributed by atoms with Crippen LogP contribution in [0, 0.1) is 17.2 Å². The molecule has 120 valence electrons. The van der Waals surface area contributed by atoms with Gasteiger partial charge in [-0.1, -0.05) is 38.1 Å². The van der Waals surface area contributed by atoms with Crippen molar-refractivity contribution < 1.29 is 8.42 Å². The summed E-state index contributed by atoms with van der Waals surface area (Å²) in [6.45, 7) is 5.24. The molecule has 1 saturated heterocycles. The monoisotopic (exact) mass is 330 g/mol. The van der Waals surface area contributed by atoms with E-state index in [4.69, 9.17) is 0 Å². The van der Waals surface area contributed by atoms with Gasteiger partial charge < -0.3 is 0 Å². The number of fused-ring (bicyclic) bond motifs is 1. The van der Waals surface area contributed by atoms with Crippen LogP contribution < -0.4 is 4.31 Å². The summed E-state index contributed by atoms with van der Waals surface area (Å²) in [5.74, 6) is 0.216. The topological polar surface area (TPSA) is 77.3 Å². The summed E-state index contributed by atoms with van der Waals surface area (Å²) in [6.07, 6.45) is 1.49. The summed E-state index contributed by atoms with van der Waals surface area (Å²) in [4.78, 5) is 4.16. The molecule has 0 aliphatic carbocycles. The van der Waals surface area contributed by atoms with E-state index in [0.29, 0.717) is 36.4 Å². The molecule has 23 heavy (non-hydrogen) atoms. The minimum atomic E-state index is -3.57. The van der Waals surface area contributed by atoms with E-state index in [0.717, 1.165) is 5.39 Å². The van der Waals surface area contributed by atoms with Gasteiger partial charge in [0.25, 0.3) is 0 Å². The fourth-order valence-corrected chi connectivity index (χ4v) is 4.88. The van der Waals surface area contributed by atoms with Crippen LogP contribution in [0.3, 0.4) is 0 Å². The number of benzene rings is 1. The molecule has 2 heterocycles. The van der Waals surface area contributed by atoms with Gasteiger partial charge in [-0.25, -0.2) is 4.98 Å². The van der Waals surface area contributed by atoms with Gasteiger partial charge in [0.05, 0.1) is 11.9 Å². The lowest BCUT2D eigenvalue weighted by Gasteiger charge is -2.38. The first kappa shape index (κ1) is 15.7. The molecule has 1 aromatic carbocycles. The minimum absolute atomic E-state index is 0.216. The third kappa shape index (κ3) is 2.54. The predicted octanol–water partition coefficient (Wildman–Crippen LogP) is 2.13. The van der Waals surface area contributed by atoms with Gasteiger partial charge >= 0.3 is 10.2 Å². The Morgan fingerprint density at radius 2 is 2.00 bits per heavy atom. The molecule has 0 N–H and O–H groups in total. The van der Waals surface area contributed by atoms with Crippen LogP contribution in [0.4, 0.5) is 5.69 Å². The number of anilines is 1. The average molecular weight is 330 g/mol. The fraction of sp³-hybridized carbons (Fsp3) is 0.375. The summed E-state index contributed by atoms with van der Waals surface area (Å²) in [5.41, 5.74) is 0.837. The van der Waals surface area contributed by atoms with Gasteiger partial charge in [-0.15, -0.1) is 0 Å². The van der Waals surface area contributed by atoms with E-state index in [1.807, 2.05) is 32.0 Å². The number of aromatic nitrogens is 1. The Bertz CT molecular complexity index is 889. The Kier molecular flexibility index (Phi) is 3.96. The quantitative estimate of drug-likeness (QED) is 0.845. The first-order valence-corrected chi connectivity index (χ1v) is 8.94. The molecule has 0 amide bonds. The Labute approximate surface area is 136 Å². The summed E-state index contributed by atoms with van der Waals surface area (Å²) < 4.78 is 28.6. The maximum absolute atomic E-state index is 12.8. The smallest absolute Gasteiger partial charge is 0.255 e. The number of hydrogen-bond donors (Lipinski definition) is 0. The van der Waals surface area contributed by atoms with Gasteiger partial charge in [0.2, 0.25) is 0 Å². The van der Waals surface area contributed by atoms with Crippen LogP contribution >= 0.6 is 0 Å². The lowest BCUT2D eigenvalue weighted by atomic mass is 10.1. The molecule has 1 atom stereocenters. The standard InChI is InChI=1S/C16H18N4O2S/c1-3-19-10-12(2)11-20(23(19,21)22)16-9-18-15(8-17)13-6-4-5-7-14(13)16/h4-7,9,12H,3,10-11H2,1-2H3/t12-/m1/s1. The summed E-state index contributed by atoms with van der Waals surface area (Å²) in [5, 5.41) is 10.6. The molecular weight excluding hydrogens is 312 g/mol. The highest BCUT2D eigenvalue weighted by Gasteiger charge is 2.36. The van der Waals surface area contributed by atoms with Crippen molar-refractivity contribution in [3.8, 4) is 6.07 Å². The van der Waals surface area contributed by atoms with Gasteiger partial charge in [-0.3, -0.25) is 4.31 Å². The molecule has 1 aliphatic heterocycles. The van der Waals surface area contributed by atoms with E-state index >= 15 is 0 Å². The molecule has 0 unspecified atom stereocenters. The van der Waals surface area contributed by atoms with Crippen LogP contribution in [0.5, 0.6) is 0 Å². The van der Waals surface area contributed by atoms with Gasteiger partial charge in [0.15, 0.2) is 0 Å². The third-order valence-corrected chi connectivity index (χ3v) is 6.06. The zero-order chi connectivity index (χ0) is 16.6. The van der Waals surface area contributed by atoms with Crippen molar-refractivity contribution in [1.82, 2.24) is 9.29 Å². The zero-order valence-corrected chi connectivity index (χ0v) is 13.9. The highest BCUT2D eigenvalue weighted by Crippen LogP contribution is 2.33. The first-order valence-electron chi connectivity index (χ1n) is 7.54. The van der Waals surface area contributed by atoms with Crippen molar-refractivity contribution in [2.45, 2.75) is 13.8 Å². The Morgan fingerprint density at radius 1 is 1.30 bits per heavy atom. The molecule has 0 saturated carbocycles. The SMILES string of the molecule is CCN1C[C@@H](C)CN(c2cnc(C#N)c3ccccc23)S1(=O)=O. The average Bonchev–Trinajstić information content (AvgIpc) is 2.55. The van der Waals surface area contributed by atoms with Gasteiger partial charge in [0.1, 0.15) is 11.8 Å². The molecule has 2 aromatic rings. The zero-order valence-electron chi connectivity index (χ0n) is 13.1. The molecular formula is C16H18N4O2S. The number of hydrogen-bond acceptors (Lipinski definition) is 4. The first-order chi connectivity index (χ1) is 11.0. The molecule has 0 bridgehead atoms. The normalized spacial score (nSPS) is 21.3. The number of nitrogens with zero attached hydrogens (tertiary/aromatic N) is 4. The number of rotatable bonds is 2. The number of pyridine rings is 1. The van der Waals surface area contributed by atoms with Crippen LogP contribution in [-0.2, 0) is 10.2 Å². The fourth-order valence-electron chi connectivity index (χ4n) is 3.00. The van der Waals surface area contributed by atoms with E-state index in [-0.39, 0.29) is 5.92 Å². The van der Waals surface area contributed by atoms with Gasteiger partial charge in [-0.2, -0.15) is 18.0 Å². The Balaban J connectivity index is 2.22. The molecule has 0 spiro atoms. The van der Waals surface area contributed by atoms with E-state index in [2.05, 4.69) is 11.1 Å². The van der Waals surface area contributed by atoms with Crippen LogP contribution in [0.25, 0.3) is 10.8 Å². The Hall–Kier alpha value is -2.17. The van der Waals surface area contributed by atoms with Gasteiger partial charge in [0, 0.05) is 30.4 Å². The third-order valence-electron chi connectivity index (χ3n) is 4.10. The second-order valence-corrected chi connectivity index (χ2v) is 7.60.